The molecule has 30 heavy (non-hydrogen) atoms. The van der Waals surface area contributed by atoms with Crippen molar-refractivity contribution >= 4 is 16.7 Å². The van der Waals surface area contributed by atoms with Crippen molar-refractivity contribution in [3.05, 3.63) is 60.6 Å². The highest BCUT2D eigenvalue weighted by Gasteiger charge is 2.18. The molecule has 5 rings (SSSR count). The van der Waals surface area contributed by atoms with E-state index in [1.54, 1.807) is 12.4 Å². The van der Waals surface area contributed by atoms with Gasteiger partial charge in [0, 0.05) is 40.6 Å². The maximum absolute atomic E-state index is 12.8. The summed E-state index contributed by atoms with van der Waals surface area (Å²) in [6.45, 7) is -0.415. The minimum Gasteiger partial charge on any atom is -0.317 e. The summed E-state index contributed by atoms with van der Waals surface area (Å²) in [6.07, 6.45) is 10.2. The molecule has 0 radical (unpaired) electrons. The van der Waals surface area contributed by atoms with Crippen LogP contribution in [-0.2, 0) is 13.4 Å². The Bertz CT molecular complexity index is 1300. The molecular weight excluding hydrogens is 378 g/mol. The molecule has 1 aromatic carbocycles. The van der Waals surface area contributed by atoms with Crippen molar-refractivity contribution in [3.63, 3.8) is 0 Å². The summed E-state index contributed by atoms with van der Waals surface area (Å²) in [4.78, 5) is 21.7. The maximum Gasteiger partial charge on any atom is 0.173 e. The van der Waals surface area contributed by atoms with Gasteiger partial charge in [0.2, 0.25) is 0 Å². The van der Waals surface area contributed by atoms with Crippen molar-refractivity contribution in [2.24, 2.45) is 6.98 Å². The Kier molecular flexibility index (Phi) is 4.01. The van der Waals surface area contributed by atoms with Gasteiger partial charge in [-0.2, -0.15) is 10.2 Å². The molecule has 0 unspecified atom stereocenters. The van der Waals surface area contributed by atoms with Crippen LogP contribution in [0.5, 0.6) is 0 Å². The van der Waals surface area contributed by atoms with Crippen LogP contribution in [0.2, 0.25) is 0 Å². The third-order valence-electron chi connectivity index (χ3n) is 5.47. The second kappa shape index (κ2) is 7.79. The van der Waals surface area contributed by atoms with Crippen LogP contribution in [0, 0.1) is 0 Å². The number of hydrogen-bond acceptors (Lipinski definition) is 6. The number of aryl methyl sites for hydroxylation is 1. The first-order valence-corrected chi connectivity index (χ1v) is 9.96. The van der Waals surface area contributed by atoms with Crippen molar-refractivity contribution in [2.75, 3.05) is 13.1 Å². The van der Waals surface area contributed by atoms with Crippen LogP contribution in [0.4, 0.5) is 0 Å². The van der Waals surface area contributed by atoms with Crippen molar-refractivity contribution in [2.45, 2.75) is 25.3 Å². The lowest BCUT2D eigenvalue weighted by molar-refractivity contribution is 0.0990. The molecule has 0 atom stereocenters. The van der Waals surface area contributed by atoms with Gasteiger partial charge in [-0.25, -0.2) is 9.97 Å². The molecule has 1 aliphatic heterocycles. The Morgan fingerprint density at radius 2 is 2.07 bits per heavy atom. The molecule has 4 aromatic rings. The summed E-state index contributed by atoms with van der Waals surface area (Å²) in [5.74, 6) is 0.349. The Balaban J connectivity index is 1.35. The Morgan fingerprint density at radius 1 is 1.17 bits per heavy atom. The van der Waals surface area contributed by atoms with Gasteiger partial charge in [0.15, 0.2) is 5.78 Å². The van der Waals surface area contributed by atoms with E-state index in [0.29, 0.717) is 28.5 Å². The number of piperidine rings is 1. The fourth-order valence-corrected chi connectivity index (χ4v) is 3.80. The van der Waals surface area contributed by atoms with E-state index in [4.69, 9.17) is 4.11 Å². The van der Waals surface area contributed by atoms with E-state index in [0.717, 1.165) is 41.6 Å². The van der Waals surface area contributed by atoms with Gasteiger partial charge in [0.1, 0.15) is 5.82 Å². The molecule has 4 heterocycles. The highest BCUT2D eigenvalue weighted by molar-refractivity contribution is 5.97. The zero-order valence-electron chi connectivity index (χ0n) is 19.3. The first kappa shape index (κ1) is 15.4. The Morgan fingerprint density at radius 3 is 2.90 bits per heavy atom. The van der Waals surface area contributed by atoms with E-state index in [1.807, 2.05) is 29.1 Å². The standard InChI is InChI=1S/C22H23N7O/c1-28-13-17(11-25-28)15-2-3-16-10-24-22(27-20(16)8-15)9-21(30)18-12-26-29(14-18)19-4-6-23-7-5-19/h2-3,8,10-14,19,23H,4-7,9H2,1H3/i1D3. The molecule has 1 fully saturated rings. The Labute approximate surface area is 178 Å². The number of benzene rings is 1. The summed E-state index contributed by atoms with van der Waals surface area (Å²) in [5, 5.41) is 12.5. The van der Waals surface area contributed by atoms with Crippen LogP contribution in [0.25, 0.3) is 22.0 Å². The number of ketones is 1. The maximum atomic E-state index is 12.8. The van der Waals surface area contributed by atoms with Crippen LogP contribution in [0.3, 0.4) is 0 Å². The van der Waals surface area contributed by atoms with Gasteiger partial charge in [-0.1, -0.05) is 12.1 Å². The third kappa shape index (κ3) is 3.73. The van der Waals surface area contributed by atoms with E-state index < -0.39 is 6.98 Å². The zero-order valence-corrected chi connectivity index (χ0v) is 16.3. The number of aromatic nitrogens is 6. The molecule has 1 aliphatic rings. The van der Waals surface area contributed by atoms with Crippen molar-refractivity contribution in [1.29, 1.82) is 0 Å². The normalized spacial score (nSPS) is 16.9. The lowest BCUT2D eigenvalue weighted by Gasteiger charge is -2.22. The highest BCUT2D eigenvalue weighted by atomic mass is 16.1. The number of nitrogens with zero attached hydrogens (tertiary/aromatic N) is 6. The molecule has 0 aliphatic carbocycles. The van der Waals surface area contributed by atoms with Gasteiger partial charge in [-0.15, -0.1) is 0 Å². The third-order valence-corrected chi connectivity index (χ3v) is 5.47. The van der Waals surface area contributed by atoms with Crippen molar-refractivity contribution in [3.8, 4) is 11.1 Å². The number of hydrogen-bond donors (Lipinski definition) is 1. The van der Waals surface area contributed by atoms with Crippen LogP contribution < -0.4 is 5.32 Å². The summed E-state index contributed by atoms with van der Waals surface area (Å²) in [6, 6.07) is 5.90. The molecule has 0 spiro atoms. The van der Waals surface area contributed by atoms with Gasteiger partial charge in [0.25, 0.3) is 0 Å². The average molecular weight is 404 g/mol. The average Bonchev–Trinajstić information content (AvgIpc) is 3.49. The van der Waals surface area contributed by atoms with Crippen LogP contribution in [-0.4, -0.2) is 48.4 Å². The van der Waals surface area contributed by atoms with Crippen molar-refractivity contribution in [1.82, 2.24) is 34.8 Å². The van der Waals surface area contributed by atoms with E-state index in [9.17, 15) is 4.79 Å². The minimum atomic E-state index is -2.33. The summed E-state index contributed by atoms with van der Waals surface area (Å²) < 4.78 is 25.3. The topological polar surface area (TPSA) is 90.5 Å². The van der Waals surface area contributed by atoms with Crippen molar-refractivity contribution < 1.29 is 8.91 Å². The number of fused-ring (bicyclic) bond motifs is 1. The molecule has 0 saturated carbocycles. The molecular formula is C22H23N7O. The lowest BCUT2D eigenvalue weighted by Crippen LogP contribution is -2.29. The number of carbonyl (C=O) groups is 1. The molecule has 1 N–H and O–H groups in total. The molecule has 8 heteroatoms. The van der Waals surface area contributed by atoms with Gasteiger partial charge in [0.05, 0.1) is 35.9 Å². The summed E-state index contributed by atoms with van der Waals surface area (Å²) in [5.41, 5.74) is 2.70. The molecule has 152 valence electrons. The largest absolute Gasteiger partial charge is 0.317 e. The minimum absolute atomic E-state index is 0.0784. The molecule has 8 nitrogen and oxygen atoms in total. The first-order chi connectivity index (χ1) is 15.9. The smallest absolute Gasteiger partial charge is 0.173 e. The van der Waals surface area contributed by atoms with Crippen LogP contribution >= 0.6 is 0 Å². The van der Waals surface area contributed by atoms with Gasteiger partial charge < -0.3 is 5.32 Å². The molecule has 0 bridgehead atoms. The van der Waals surface area contributed by atoms with Crippen LogP contribution in [0.15, 0.2) is 49.2 Å². The monoisotopic (exact) mass is 404 g/mol. The van der Waals surface area contributed by atoms with Gasteiger partial charge >= 0.3 is 0 Å². The number of rotatable bonds is 5. The summed E-state index contributed by atoms with van der Waals surface area (Å²) in [7, 11) is 0. The predicted octanol–water partition coefficient (Wildman–Crippen LogP) is 2.58. The van der Waals surface area contributed by atoms with Gasteiger partial charge in [-0.05, 0) is 37.6 Å². The molecule has 3 aromatic heterocycles. The van der Waals surface area contributed by atoms with E-state index in [-0.39, 0.29) is 12.2 Å². The quantitative estimate of drug-likeness (QED) is 0.514. The van der Waals surface area contributed by atoms with E-state index in [1.165, 1.54) is 12.4 Å². The fourth-order valence-electron chi connectivity index (χ4n) is 3.80. The van der Waals surface area contributed by atoms with E-state index >= 15 is 0 Å². The molecule has 0 amide bonds. The zero-order chi connectivity index (χ0) is 23.0. The Hall–Kier alpha value is -3.39. The first-order valence-electron chi connectivity index (χ1n) is 11.5. The SMILES string of the molecule is [2H]C([2H])([2H])n1cc(-c2ccc3cnc(CC(=O)c4cnn(C5CCNCC5)c4)nc3c2)cn1. The van der Waals surface area contributed by atoms with E-state index in [2.05, 4.69) is 25.5 Å². The van der Waals surface area contributed by atoms with Crippen LogP contribution in [0.1, 0.15) is 39.2 Å². The molecule has 1 saturated heterocycles. The van der Waals surface area contributed by atoms with Gasteiger partial charge in [-0.3, -0.25) is 14.2 Å². The number of nitrogens with one attached hydrogen (secondary N) is 1. The number of Topliss-reactive ketones (excluding diaryl/α,β-unsaturated/α-hetero) is 1. The second-order valence-corrected chi connectivity index (χ2v) is 7.52. The predicted molar refractivity (Wildman–Crippen MR) is 113 cm³/mol. The summed E-state index contributed by atoms with van der Waals surface area (Å²) >= 11 is 0. The lowest BCUT2D eigenvalue weighted by atomic mass is 10.1. The second-order valence-electron chi connectivity index (χ2n) is 7.52. The highest BCUT2D eigenvalue weighted by Crippen LogP contribution is 2.23. The fraction of sp³-hybridized carbons (Fsp3) is 0.318. The number of carbonyl (C=O) groups excluding carboxylic acids is 1.